The summed E-state index contributed by atoms with van der Waals surface area (Å²) in [5, 5.41) is 0. The Morgan fingerprint density at radius 3 is 2.92 bits per heavy atom. The molecule has 0 aromatic heterocycles. The van der Waals surface area contributed by atoms with Crippen LogP contribution in [0.3, 0.4) is 0 Å². The number of carbonyl (C=O) groups is 2. The van der Waals surface area contributed by atoms with E-state index in [9.17, 15) is 9.59 Å². The van der Waals surface area contributed by atoms with Gasteiger partial charge in [0.25, 0.3) is 0 Å². The minimum absolute atomic E-state index is 0.0530. The first-order valence-corrected chi connectivity index (χ1v) is 9.90. The van der Waals surface area contributed by atoms with Gasteiger partial charge in [-0.2, -0.15) is 0 Å². The van der Waals surface area contributed by atoms with Crippen molar-refractivity contribution in [3.05, 3.63) is 35.6 Å². The molecule has 132 valence electrons. The summed E-state index contributed by atoms with van der Waals surface area (Å²) in [6.45, 7) is 2.44. The fourth-order valence-corrected chi connectivity index (χ4v) is 6.30. The summed E-state index contributed by atoms with van der Waals surface area (Å²) in [6.07, 6.45) is 15.5. The third-order valence-electron chi connectivity index (χ3n) is 7.56. The van der Waals surface area contributed by atoms with Crippen molar-refractivity contribution in [2.45, 2.75) is 51.9 Å². The van der Waals surface area contributed by atoms with Gasteiger partial charge in [0.15, 0.2) is 5.78 Å². The molecule has 1 aliphatic heterocycles. The highest BCUT2D eigenvalue weighted by Gasteiger charge is 2.55. The molecular weight excluding hydrogens is 312 g/mol. The van der Waals surface area contributed by atoms with Gasteiger partial charge in [-0.15, -0.1) is 0 Å². The highest BCUT2D eigenvalue weighted by Crippen LogP contribution is 2.62. The molecule has 0 aromatic rings. The minimum atomic E-state index is -0.0530. The molecule has 0 aromatic carbocycles. The molecule has 1 saturated carbocycles. The van der Waals surface area contributed by atoms with E-state index in [4.69, 9.17) is 4.74 Å². The largest absolute Gasteiger partial charge is 0.431 e. The topological polar surface area (TPSA) is 43.4 Å². The van der Waals surface area contributed by atoms with Crippen molar-refractivity contribution in [1.29, 1.82) is 0 Å². The molecule has 6 atom stereocenters. The van der Waals surface area contributed by atoms with Gasteiger partial charge in [0.1, 0.15) is 5.76 Å². The Balaban J connectivity index is 1.50. The lowest BCUT2D eigenvalue weighted by Gasteiger charge is -2.53. The molecule has 1 saturated heterocycles. The number of ketones is 1. The van der Waals surface area contributed by atoms with E-state index in [1.54, 1.807) is 0 Å². The van der Waals surface area contributed by atoms with Crippen LogP contribution in [0.25, 0.3) is 0 Å². The first-order valence-electron chi connectivity index (χ1n) is 9.90. The molecule has 5 unspecified atom stereocenters. The summed E-state index contributed by atoms with van der Waals surface area (Å²) in [5.74, 6) is 3.80. The Kier molecular flexibility index (Phi) is 3.39. The van der Waals surface area contributed by atoms with Crippen LogP contribution < -0.4 is 0 Å². The van der Waals surface area contributed by atoms with Crippen molar-refractivity contribution < 1.29 is 14.3 Å². The third-order valence-corrected chi connectivity index (χ3v) is 7.56. The van der Waals surface area contributed by atoms with E-state index in [1.807, 2.05) is 6.08 Å². The predicted octanol–water partition coefficient (Wildman–Crippen LogP) is 4.35. The average Bonchev–Trinajstić information content (AvgIpc) is 3.31. The lowest BCUT2D eigenvalue weighted by Crippen LogP contribution is -2.46. The van der Waals surface area contributed by atoms with Crippen molar-refractivity contribution in [2.75, 3.05) is 0 Å². The van der Waals surface area contributed by atoms with Crippen molar-refractivity contribution in [2.24, 2.45) is 35.0 Å². The van der Waals surface area contributed by atoms with Crippen LogP contribution in [0.4, 0.5) is 0 Å². The Morgan fingerprint density at radius 2 is 2.04 bits per heavy atom. The van der Waals surface area contributed by atoms with Gasteiger partial charge in [0, 0.05) is 18.8 Å². The van der Waals surface area contributed by atoms with Crippen LogP contribution in [0.1, 0.15) is 51.9 Å². The number of carbonyl (C=O) groups excluding carboxylic acids is 2. The van der Waals surface area contributed by atoms with Gasteiger partial charge >= 0.3 is 5.97 Å². The number of esters is 1. The zero-order valence-corrected chi connectivity index (χ0v) is 14.9. The Hall–Kier alpha value is -1.64. The van der Waals surface area contributed by atoms with Crippen LogP contribution >= 0.6 is 0 Å². The Bertz CT molecular complexity index is 728. The summed E-state index contributed by atoms with van der Waals surface area (Å²) in [4.78, 5) is 23.7. The van der Waals surface area contributed by atoms with Gasteiger partial charge < -0.3 is 4.74 Å². The molecule has 5 rings (SSSR count). The highest BCUT2D eigenvalue weighted by molar-refractivity contribution is 5.92. The normalized spacial score (nSPS) is 45.2. The molecule has 2 fully saturated rings. The minimum Gasteiger partial charge on any atom is -0.431 e. The van der Waals surface area contributed by atoms with Gasteiger partial charge in [0.2, 0.25) is 0 Å². The monoisotopic (exact) mass is 338 g/mol. The van der Waals surface area contributed by atoms with Gasteiger partial charge in [-0.3, -0.25) is 9.59 Å². The van der Waals surface area contributed by atoms with E-state index in [1.165, 1.54) is 18.4 Å². The number of fused-ring (bicyclic) bond motifs is 7. The van der Waals surface area contributed by atoms with Crippen LogP contribution in [0, 0.1) is 35.0 Å². The lowest BCUT2D eigenvalue weighted by atomic mass is 9.51. The quantitative estimate of drug-likeness (QED) is 0.617. The van der Waals surface area contributed by atoms with Crippen molar-refractivity contribution in [1.82, 2.24) is 0 Å². The molecule has 3 nitrogen and oxygen atoms in total. The van der Waals surface area contributed by atoms with E-state index in [2.05, 4.69) is 25.2 Å². The second-order valence-electron chi connectivity index (χ2n) is 9.00. The number of hydrogen-bond acceptors (Lipinski definition) is 3. The Morgan fingerprint density at radius 1 is 1.16 bits per heavy atom. The lowest BCUT2D eigenvalue weighted by molar-refractivity contribution is -0.139. The summed E-state index contributed by atoms with van der Waals surface area (Å²) < 4.78 is 5.58. The van der Waals surface area contributed by atoms with Crippen LogP contribution in [0.15, 0.2) is 35.6 Å². The van der Waals surface area contributed by atoms with Crippen molar-refractivity contribution in [3.63, 3.8) is 0 Å². The van der Waals surface area contributed by atoms with Crippen LogP contribution in [-0.2, 0) is 14.3 Å². The maximum Gasteiger partial charge on any atom is 0.310 e. The van der Waals surface area contributed by atoms with E-state index in [0.29, 0.717) is 42.4 Å². The number of ether oxygens (including phenoxy) is 1. The second-order valence-corrected chi connectivity index (χ2v) is 9.00. The summed E-state index contributed by atoms with van der Waals surface area (Å²) in [5.41, 5.74) is 1.55. The molecular formula is C22H26O3. The zero-order valence-electron chi connectivity index (χ0n) is 14.9. The van der Waals surface area contributed by atoms with Gasteiger partial charge in [-0.25, -0.2) is 0 Å². The first-order chi connectivity index (χ1) is 12.0. The second kappa shape index (κ2) is 5.43. The number of rotatable bonds is 0. The SMILES string of the molecule is CC12CCCC(=O)OC3=C[C@@H]3C1C1C=CC3=CC(=O)CCC3C1CC2. The smallest absolute Gasteiger partial charge is 0.310 e. The van der Waals surface area contributed by atoms with Crippen molar-refractivity contribution in [3.8, 4) is 0 Å². The van der Waals surface area contributed by atoms with Crippen LogP contribution in [-0.4, -0.2) is 11.8 Å². The zero-order chi connectivity index (χ0) is 17.2. The average molecular weight is 338 g/mol. The summed E-state index contributed by atoms with van der Waals surface area (Å²) >= 11 is 0. The standard InChI is InChI=1S/C22H26O3/c1-22-9-2-3-20(24)25-19-12-18(19)21(22)17-6-4-13-11-14(23)5-7-15(13)16(17)8-10-22/h4,6,11-12,15-18,21H,2-3,5,7-10H2,1H3/t15?,16?,17?,18-,21?,22?/m0/s1. The molecule has 0 spiro atoms. The molecule has 0 radical (unpaired) electrons. The first kappa shape index (κ1) is 15.6. The molecule has 25 heavy (non-hydrogen) atoms. The maximum atomic E-state index is 11.9. The highest BCUT2D eigenvalue weighted by atomic mass is 16.5. The summed E-state index contributed by atoms with van der Waals surface area (Å²) in [7, 11) is 0. The predicted molar refractivity (Wildman–Crippen MR) is 94.3 cm³/mol. The molecule has 0 N–H and O–H groups in total. The molecule has 5 aliphatic rings. The van der Waals surface area contributed by atoms with E-state index in [-0.39, 0.29) is 17.2 Å². The number of allylic oxidation sites excluding steroid dienone is 6. The van der Waals surface area contributed by atoms with Gasteiger partial charge in [-0.1, -0.05) is 19.1 Å². The van der Waals surface area contributed by atoms with Crippen LogP contribution in [0.5, 0.6) is 0 Å². The van der Waals surface area contributed by atoms with E-state index >= 15 is 0 Å². The molecule has 1 heterocycles. The van der Waals surface area contributed by atoms with E-state index in [0.717, 1.165) is 25.0 Å². The molecule has 4 aliphatic carbocycles. The van der Waals surface area contributed by atoms with Gasteiger partial charge in [0.05, 0.1) is 0 Å². The van der Waals surface area contributed by atoms with E-state index < -0.39 is 0 Å². The molecule has 3 heteroatoms. The Labute approximate surface area is 149 Å². The van der Waals surface area contributed by atoms with Crippen molar-refractivity contribution >= 4 is 11.8 Å². The van der Waals surface area contributed by atoms with Crippen LogP contribution in [0.2, 0.25) is 0 Å². The number of hydrogen-bond donors (Lipinski definition) is 0. The van der Waals surface area contributed by atoms with Gasteiger partial charge in [-0.05, 0) is 78.9 Å². The fourth-order valence-electron chi connectivity index (χ4n) is 6.30. The maximum absolute atomic E-state index is 11.9. The fraction of sp³-hybridized carbons (Fsp3) is 0.636. The molecule has 0 amide bonds. The summed E-state index contributed by atoms with van der Waals surface area (Å²) in [6, 6.07) is 0. The third kappa shape index (κ3) is 2.46. The molecule has 0 bridgehead atoms.